The predicted molar refractivity (Wildman–Crippen MR) is 64.2 cm³/mol. The first kappa shape index (κ1) is 12.0. The van der Waals surface area contributed by atoms with Gasteiger partial charge in [-0.2, -0.15) is 0 Å². The minimum absolute atomic E-state index is 0.164. The topological polar surface area (TPSA) is 44.8 Å². The first-order valence-electron chi connectivity index (χ1n) is 5.90. The third-order valence-electron chi connectivity index (χ3n) is 3.24. The molecule has 0 N–H and O–H groups in total. The molecule has 5 heteroatoms. The van der Waals surface area contributed by atoms with E-state index in [2.05, 4.69) is 0 Å². The van der Waals surface area contributed by atoms with E-state index in [1.54, 1.807) is 12.1 Å². The molecule has 1 spiro atoms. The molecule has 2 aliphatic heterocycles. The lowest BCUT2D eigenvalue weighted by molar-refractivity contribution is -0.221. The number of rotatable bonds is 1. The molecule has 0 aliphatic carbocycles. The fraction of sp³-hybridized carbons (Fsp3) is 0.462. The van der Waals surface area contributed by atoms with Gasteiger partial charge in [-0.05, 0) is 17.7 Å². The maximum absolute atomic E-state index is 11.7. The zero-order valence-electron chi connectivity index (χ0n) is 9.73. The van der Waals surface area contributed by atoms with Crippen LogP contribution in [0.3, 0.4) is 0 Å². The Bertz CT molecular complexity index is 451. The van der Waals surface area contributed by atoms with Gasteiger partial charge < -0.3 is 14.2 Å². The molecule has 1 unspecified atom stereocenters. The molecule has 2 fully saturated rings. The highest BCUT2D eigenvalue weighted by atomic mass is 35.5. The molecule has 3 rings (SSSR count). The predicted octanol–water partition coefficient (Wildman–Crippen LogP) is 2.46. The maximum atomic E-state index is 11.7. The van der Waals surface area contributed by atoms with E-state index in [0.717, 1.165) is 5.56 Å². The van der Waals surface area contributed by atoms with E-state index >= 15 is 0 Å². The second-order valence-corrected chi connectivity index (χ2v) is 4.95. The van der Waals surface area contributed by atoms with Crippen LogP contribution in [0.15, 0.2) is 24.3 Å². The van der Waals surface area contributed by atoms with Gasteiger partial charge in [-0.1, -0.05) is 23.7 Å². The number of hydrogen-bond acceptors (Lipinski definition) is 4. The van der Waals surface area contributed by atoms with Gasteiger partial charge in [0.15, 0.2) is 5.79 Å². The van der Waals surface area contributed by atoms with Crippen molar-refractivity contribution in [2.24, 2.45) is 0 Å². The standard InChI is InChI=1S/C13H13ClO4/c14-10-3-1-9(2-4-10)11-7-13(8-12(15)18-11)16-5-6-17-13/h1-4,11H,5-8H2. The average molecular weight is 269 g/mol. The molecule has 1 aromatic rings. The Kier molecular flexibility index (Phi) is 3.01. The SMILES string of the molecule is O=C1CC2(CC(c3ccc(Cl)cc3)O1)OCCO2. The van der Waals surface area contributed by atoms with Crippen LogP contribution in [0.4, 0.5) is 0 Å². The lowest BCUT2D eigenvalue weighted by atomic mass is 9.96. The van der Waals surface area contributed by atoms with Crippen molar-refractivity contribution in [3.8, 4) is 0 Å². The number of halogens is 1. The molecule has 0 radical (unpaired) electrons. The van der Waals surface area contributed by atoms with E-state index in [-0.39, 0.29) is 18.5 Å². The Labute approximate surface area is 110 Å². The number of carbonyl (C=O) groups excluding carboxylic acids is 1. The quantitative estimate of drug-likeness (QED) is 0.734. The summed E-state index contributed by atoms with van der Waals surface area (Å²) >= 11 is 5.84. The molecule has 0 bridgehead atoms. The van der Waals surface area contributed by atoms with Crippen LogP contribution in [0.2, 0.25) is 5.02 Å². The number of carbonyl (C=O) groups is 1. The molecule has 0 aromatic heterocycles. The molecule has 4 nitrogen and oxygen atoms in total. The van der Waals surface area contributed by atoms with Crippen LogP contribution in [0.25, 0.3) is 0 Å². The lowest BCUT2D eigenvalue weighted by Crippen LogP contribution is -2.41. The summed E-state index contributed by atoms with van der Waals surface area (Å²) in [6.45, 7) is 1.06. The summed E-state index contributed by atoms with van der Waals surface area (Å²) in [5, 5.41) is 0.656. The van der Waals surface area contributed by atoms with Gasteiger partial charge in [-0.3, -0.25) is 4.79 Å². The van der Waals surface area contributed by atoms with Crippen LogP contribution in [0, 0.1) is 0 Å². The number of benzene rings is 1. The summed E-state index contributed by atoms with van der Waals surface area (Å²) in [5.74, 6) is -1.08. The van der Waals surface area contributed by atoms with Gasteiger partial charge in [0.2, 0.25) is 0 Å². The van der Waals surface area contributed by atoms with Crippen molar-refractivity contribution in [3.05, 3.63) is 34.9 Å². The molecule has 2 heterocycles. The van der Waals surface area contributed by atoms with Crippen molar-refractivity contribution in [1.82, 2.24) is 0 Å². The molecule has 0 saturated carbocycles. The first-order valence-corrected chi connectivity index (χ1v) is 6.28. The van der Waals surface area contributed by atoms with Crippen molar-refractivity contribution in [1.29, 1.82) is 0 Å². The average Bonchev–Trinajstić information content (AvgIpc) is 2.77. The number of esters is 1. The Balaban J connectivity index is 1.83. The van der Waals surface area contributed by atoms with E-state index in [9.17, 15) is 4.79 Å². The van der Waals surface area contributed by atoms with Crippen LogP contribution in [0.1, 0.15) is 24.5 Å². The highest BCUT2D eigenvalue weighted by Gasteiger charge is 2.46. The fourth-order valence-corrected chi connectivity index (χ4v) is 2.52. The number of cyclic esters (lactones) is 1. The molecule has 1 aromatic carbocycles. The Morgan fingerprint density at radius 2 is 1.83 bits per heavy atom. The molecule has 2 aliphatic rings. The van der Waals surface area contributed by atoms with E-state index in [1.807, 2.05) is 12.1 Å². The van der Waals surface area contributed by atoms with E-state index in [0.29, 0.717) is 24.7 Å². The highest BCUT2D eigenvalue weighted by Crippen LogP contribution is 2.40. The van der Waals surface area contributed by atoms with Crippen LogP contribution in [0.5, 0.6) is 0 Å². The first-order chi connectivity index (χ1) is 8.67. The minimum Gasteiger partial charge on any atom is -0.457 e. The zero-order chi connectivity index (χ0) is 12.6. The Morgan fingerprint density at radius 3 is 2.50 bits per heavy atom. The smallest absolute Gasteiger partial charge is 0.311 e. The summed E-state index contributed by atoms with van der Waals surface area (Å²) in [4.78, 5) is 11.7. The molecule has 2 saturated heterocycles. The Hall–Kier alpha value is -1.10. The van der Waals surface area contributed by atoms with Crippen molar-refractivity contribution < 1.29 is 19.0 Å². The summed E-state index contributed by atoms with van der Waals surface area (Å²) in [6, 6.07) is 7.27. The van der Waals surface area contributed by atoms with E-state index in [4.69, 9.17) is 25.8 Å². The van der Waals surface area contributed by atoms with Crippen molar-refractivity contribution in [3.63, 3.8) is 0 Å². The van der Waals surface area contributed by atoms with Gasteiger partial charge in [0.1, 0.15) is 6.10 Å². The minimum atomic E-state index is -0.792. The summed E-state index contributed by atoms with van der Waals surface area (Å²) < 4.78 is 16.5. The summed E-state index contributed by atoms with van der Waals surface area (Å²) in [6.07, 6.45) is 0.360. The summed E-state index contributed by atoms with van der Waals surface area (Å²) in [5.41, 5.74) is 0.908. The van der Waals surface area contributed by atoms with Crippen molar-refractivity contribution >= 4 is 17.6 Å². The van der Waals surface area contributed by atoms with Crippen LogP contribution in [-0.4, -0.2) is 25.0 Å². The van der Waals surface area contributed by atoms with Crippen LogP contribution < -0.4 is 0 Å². The van der Waals surface area contributed by atoms with Gasteiger partial charge in [0.05, 0.1) is 19.6 Å². The molecular formula is C13H13ClO4. The molecule has 0 amide bonds. The third-order valence-corrected chi connectivity index (χ3v) is 3.49. The second-order valence-electron chi connectivity index (χ2n) is 4.52. The molecular weight excluding hydrogens is 256 g/mol. The van der Waals surface area contributed by atoms with E-state index in [1.165, 1.54) is 0 Å². The largest absolute Gasteiger partial charge is 0.457 e. The van der Waals surface area contributed by atoms with Crippen LogP contribution in [-0.2, 0) is 19.0 Å². The number of ether oxygens (including phenoxy) is 3. The molecule has 1 atom stereocenters. The van der Waals surface area contributed by atoms with Gasteiger partial charge in [-0.15, -0.1) is 0 Å². The van der Waals surface area contributed by atoms with Gasteiger partial charge in [0.25, 0.3) is 0 Å². The fourth-order valence-electron chi connectivity index (χ4n) is 2.40. The number of hydrogen-bond donors (Lipinski definition) is 0. The van der Waals surface area contributed by atoms with Gasteiger partial charge in [0, 0.05) is 11.4 Å². The Morgan fingerprint density at radius 1 is 1.17 bits per heavy atom. The maximum Gasteiger partial charge on any atom is 0.311 e. The second kappa shape index (κ2) is 4.53. The van der Waals surface area contributed by atoms with Gasteiger partial charge in [-0.25, -0.2) is 0 Å². The van der Waals surface area contributed by atoms with Gasteiger partial charge >= 0.3 is 5.97 Å². The molecule has 18 heavy (non-hydrogen) atoms. The lowest BCUT2D eigenvalue weighted by Gasteiger charge is -2.35. The van der Waals surface area contributed by atoms with Crippen LogP contribution >= 0.6 is 11.6 Å². The third kappa shape index (κ3) is 2.23. The van der Waals surface area contributed by atoms with Crippen molar-refractivity contribution in [2.45, 2.75) is 24.7 Å². The zero-order valence-corrected chi connectivity index (χ0v) is 10.5. The highest BCUT2D eigenvalue weighted by molar-refractivity contribution is 6.30. The normalized spacial score (nSPS) is 26.3. The molecule has 96 valence electrons. The monoisotopic (exact) mass is 268 g/mol. The summed E-state index contributed by atoms with van der Waals surface area (Å²) in [7, 11) is 0. The van der Waals surface area contributed by atoms with E-state index < -0.39 is 5.79 Å². The van der Waals surface area contributed by atoms with Crippen molar-refractivity contribution in [2.75, 3.05) is 13.2 Å².